The maximum absolute atomic E-state index is 13.1. The molecule has 0 aromatic heterocycles. The van der Waals surface area contributed by atoms with Crippen LogP contribution in [0, 0.1) is 5.82 Å². The number of hydrogen-bond acceptors (Lipinski definition) is 4. The van der Waals surface area contributed by atoms with E-state index < -0.39 is 9.84 Å². The Bertz CT molecular complexity index is 560. The highest BCUT2D eigenvalue weighted by Gasteiger charge is 2.21. The monoisotopic (exact) mass is 286 g/mol. The fourth-order valence-electron chi connectivity index (χ4n) is 2.37. The maximum Gasteiger partial charge on any atom is 0.147 e. The van der Waals surface area contributed by atoms with Crippen molar-refractivity contribution in [2.45, 2.75) is 18.9 Å². The van der Waals surface area contributed by atoms with Crippen molar-refractivity contribution in [2.75, 3.05) is 30.0 Å². The lowest BCUT2D eigenvalue weighted by atomic mass is 10.1. The van der Waals surface area contributed by atoms with Crippen molar-refractivity contribution in [2.24, 2.45) is 5.73 Å². The fraction of sp³-hybridized carbons (Fsp3) is 0.538. The lowest BCUT2D eigenvalue weighted by Gasteiger charge is -2.23. The molecule has 0 fully saturated rings. The Kier molecular flexibility index (Phi) is 4.10. The van der Waals surface area contributed by atoms with Gasteiger partial charge in [-0.1, -0.05) is 0 Å². The molecule has 0 aliphatic carbocycles. The number of hydrogen-bond donors (Lipinski definition) is 1. The molecule has 0 saturated heterocycles. The zero-order chi connectivity index (χ0) is 14.0. The van der Waals surface area contributed by atoms with E-state index in [0.717, 1.165) is 24.2 Å². The zero-order valence-corrected chi connectivity index (χ0v) is 11.8. The van der Waals surface area contributed by atoms with E-state index in [2.05, 4.69) is 4.90 Å². The van der Waals surface area contributed by atoms with E-state index in [1.165, 1.54) is 12.3 Å². The third kappa shape index (κ3) is 3.91. The van der Waals surface area contributed by atoms with E-state index in [4.69, 9.17) is 5.73 Å². The molecule has 2 N–H and O–H groups in total. The molecule has 1 aliphatic rings. The zero-order valence-electron chi connectivity index (χ0n) is 11.0. The normalized spacial score (nSPS) is 16.5. The molecule has 1 aromatic carbocycles. The molecule has 1 aliphatic heterocycles. The predicted molar refractivity (Wildman–Crippen MR) is 74.6 cm³/mol. The van der Waals surface area contributed by atoms with Crippen molar-refractivity contribution in [3.63, 3.8) is 0 Å². The van der Waals surface area contributed by atoms with Crippen LogP contribution >= 0.6 is 0 Å². The molecular weight excluding hydrogens is 267 g/mol. The number of rotatable bonds is 5. The summed E-state index contributed by atoms with van der Waals surface area (Å²) in [7, 11) is -2.97. The van der Waals surface area contributed by atoms with Gasteiger partial charge in [-0.3, -0.25) is 0 Å². The van der Waals surface area contributed by atoms with Crippen LogP contribution < -0.4 is 10.6 Å². The molecule has 106 valence electrons. The summed E-state index contributed by atoms with van der Waals surface area (Å²) in [6.45, 7) is 1.42. The molecule has 0 amide bonds. The van der Waals surface area contributed by atoms with Gasteiger partial charge in [-0.15, -0.1) is 0 Å². The van der Waals surface area contributed by atoms with E-state index in [1.807, 2.05) is 0 Å². The van der Waals surface area contributed by atoms with Crippen molar-refractivity contribution in [1.82, 2.24) is 0 Å². The third-order valence-electron chi connectivity index (χ3n) is 3.35. The van der Waals surface area contributed by atoms with Gasteiger partial charge < -0.3 is 10.6 Å². The average Bonchev–Trinajstić information content (AvgIpc) is 2.68. The highest BCUT2D eigenvalue weighted by Crippen LogP contribution is 2.28. The molecule has 0 unspecified atom stereocenters. The first-order chi connectivity index (χ1) is 8.85. The summed E-state index contributed by atoms with van der Waals surface area (Å²) >= 11 is 0. The van der Waals surface area contributed by atoms with Gasteiger partial charge >= 0.3 is 0 Å². The minimum absolute atomic E-state index is 0.109. The van der Waals surface area contributed by atoms with Gasteiger partial charge in [0.1, 0.15) is 15.7 Å². The predicted octanol–water partition coefficient (Wildman–Crippen LogP) is 0.950. The molecule has 0 radical (unpaired) electrons. The summed E-state index contributed by atoms with van der Waals surface area (Å²) in [5, 5.41) is 0. The number of benzene rings is 1. The van der Waals surface area contributed by atoms with Gasteiger partial charge in [-0.05, 0) is 36.6 Å². The van der Waals surface area contributed by atoms with Gasteiger partial charge in [-0.2, -0.15) is 0 Å². The molecular formula is C13H19FN2O2S. The van der Waals surface area contributed by atoms with Crippen LogP contribution in [0.15, 0.2) is 18.2 Å². The number of anilines is 1. The Labute approximate surface area is 113 Å². The van der Waals surface area contributed by atoms with Crippen LogP contribution in [0.1, 0.15) is 12.0 Å². The van der Waals surface area contributed by atoms with Gasteiger partial charge in [0, 0.05) is 31.1 Å². The van der Waals surface area contributed by atoms with Gasteiger partial charge in [0.05, 0.1) is 5.75 Å². The average molecular weight is 286 g/mol. The van der Waals surface area contributed by atoms with Crippen LogP contribution in [0.4, 0.5) is 10.1 Å². The first-order valence-electron chi connectivity index (χ1n) is 6.32. The number of halogens is 1. The first kappa shape index (κ1) is 14.3. The molecule has 2 rings (SSSR count). The molecule has 1 aromatic rings. The van der Waals surface area contributed by atoms with Crippen LogP contribution in [0.2, 0.25) is 0 Å². The SMILES string of the molecule is CS(=O)(=O)CC[C@H](N)CN1CCc2cc(F)ccc21. The number of sulfone groups is 1. The van der Waals surface area contributed by atoms with E-state index >= 15 is 0 Å². The van der Waals surface area contributed by atoms with Crippen LogP contribution in [-0.2, 0) is 16.3 Å². The van der Waals surface area contributed by atoms with E-state index in [-0.39, 0.29) is 17.6 Å². The van der Waals surface area contributed by atoms with E-state index in [0.29, 0.717) is 13.0 Å². The van der Waals surface area contributed by atoms with E-state index in [9.17, 15) is 12.8 Å². The van der Waals surface area contributed by atoms with Gasteiger partial charge in [0.15, 0.2) is 0 Å². The number of nitrogens with two attached hydrogens (primary N) is 1. The molecule has 0 bridgehead atoms. The van der Waals surface area contributed by atoms with Crippen molar-refractivity contribution in [1.29, 1.82) is 0 Å². The van der Waals surface area contributed by atoms with Crippen LogP contribution in [0.25, 0.3) is 0 Å². The molecule has 4 nitrogen and oxygen atoms in total. The number of nitrogens with zero attached hydrogens (tertiary/aromatic N) is 1. The molecule has 19 heavy (non-hydrogen) atoms. The lowest BCUT2D eigenvalue weighted by Crippen LogP contribution is -2.37. The Morgan fingerprint density at radius 3 is 2.89 bits per heavy atom. The highest BCUT2D eigenvalue weighted by molar-refractivity contribution is 7.90. The number of fused-ring (bicyclic) bond motifs is 1. The van der Waals surface area contributed by atoms with Crippen LogP contribution in [0.5, 0.6) is 0 Å². The molecule has 1 heterocycles. The summed E-state index contributed by atoms with van der Waals surface area (Å²) in [6.07, 6.45) is 2.48. The second kappa shape index (κ2) is 5.46. The van der Waals surface area contributed by atoms with Crippen LogP contribution in [0.3, 0.4) is 0 Å². The Balaban J connectivity index is 1.95. The second-order valence-electron chi connectivity index (χ2n) is 5.15. The molecule has 0 spiro atoms. The van der Waals surface area contributed by atoms with E-state index in [1.54, 1.807) is 12.1 Å². The Morgan fingerprint density at radius 1 is 1.47 bits per heavy atom. The quantitative estimate of drug-likeness (QED) is 0.875. The minimum Gasteiger partial charge on any atom is -0.369 e. The standard InChI is InChI=1S/C13H19FN2O2S/c1-19(17,18)7-5-12(15)9-16-6-4-10-8-11(14)2-3-13(10)16/h2-3,8,12H,4-7,9,15H2,1H3/t12-/m0/s1. The van der Waals surface area contributed by atoms with Crippen LogP contribution in [-0.4, -0.2) is 39.6 Å². The molecule has 1 atom stereocenters. The van der Waals surface area contributed by atoms with Crippen molar-refractivity contribution < 1.29 is 12.8 Å². The summed E-state index contributed by atoms with van der Waals surface area (Å²) in [6, 6.07) is 4.57. The Morgan fingerprint density at radius 2 is 2.21 bits per heavy atom. The third-order valence-corrected chi connectivity index (χ3v) is 4.32. The lowest BCUT2D eigenvalue weighted by molar-refractivity contribution is 0.582. The summed E-state index contributed by atoms with van der Waals surface area (Å²) in [5.41, 5.74) is 7.97. The first-order valence-corrected chi connectivity index (χ1v) is 8.38. The highest BCUT2D eigenvalue weighted by atomic mass is 32.2. The van der Waals surface area contributed by atoms with Crippen molar-refractivity contribution in [3.8, 4) is 0 Å². The van der Waals surface area contributed by atoms with Crippen molar-refractivity contribution >= 4 is 15.5 Å². The summed E-state index contributed by atoms with van der Waals surface area (Å²) in [4.78, 5) is 2.10. The van der Waals surface area contributed by atoms with Gasteiger partial charge in [-0.25, -0.2) is 12.8 Å². The minimum atomic E-state index is -2.97. The molecule has 0 saturated carbocycles. The van der Waals surface area contributed by atoms with Gasteiger partial charge in [0.25, 0.3) is 0 Å². The summed E-state index contributed by atoms with van der Waals surface area (Å²) < 4.78 is 35.3. The topological polar surface area (TPSA) is 63.4 Å². The largest absolute Gasteiger partial charge is 0.369 e. The van der Waals surface area contributed by atoms with Crippen molar-refractivity contribution in [3.05, 3.63) is 29.6 Å². The fourth-order valence-corrected chi connectivity index (χ4v) is 3.10. The second-order valence-corrected chi connectivity index (χ2v) is 7.41. The maximum atomic E-state index is 13.1. The molecule has 6 heteroatoms. The smallest absolute Gasteiger partial charge is 0.147 e. The van der Waals surface area contributed by atoms with Gasteiger partial charge in [0.2, 0.25) is 0 Å². The summed E-state index contributed by atoms with van der Waals surface area (Å²) in [5.74, 6) is -0.111. The Hall–Kier alpha value is -1.14.